The highest BCUT2D eigenvalue weighted by atomic mass is 35.5. The number of carbonyl (C=O) groups excluding carboxylic acids is 1. The molecule has 2 N–H and O–H groups in total. The van der Waals surface area contributed by atoms with Crippen LogP contribution in [0.25, 0.3) is 0 Å². The van der Waals surface area contributed by atoms with Crippen molar-refractivity contribution in [1.82, 2.24) is 10.6 Å². The lowest BCUT2D eigenvalue weighted by Crippen LogP contribution is -2.45. The van der Waals surface area contributed by atoms with Crippen molar-refractivity contribution < 1.29 is 19.0 Å². The number of methoxy groups -OCH3 is 2. The average molecular weight is 493 g/mol. The summed E-state index contributed by atoms with van der Waals surface area (Å²) in [5.41, 5.74) is 2.43. The van der Waals surface area contributed by atoms with Crippen LogP contribution in [0.1, 0.15) is 43.4 Å². The van der Waals surface area contributed by atoms with E-state index >= 15 is 0 Å². The minimum atomic E-state index is -0.599. The molecule has 0 radical (unpaired) electrons. The SMILES string of the molecule is COc1cc(Cl)c(CNC(=S)NC(=O)C(C)(C)CCCOc2cc(C)ccc2C)cc1OC. The van der Waals surface area contributed by atoms with E-state index in [0.717, 1.165) is 28.9 Å². The van der Waals surface area contributed by atoms with Gasteiger partial charge in [0.25, 0.3) is 0 Å². The topological polar surface area (TPSA) is 68.8 Å². The van der Waals surface area contributed by atoms with Gasteiger partial charge in [0.05, 0.1) is 20.8 Å². The fourth-order valence-electron chi connectivity index (χ4n) is 3.20. The predicted molar refractivity (Wildman–Crippen MR) is 137 cm³/mol. The van der Waals surface area contributed by atoms with Gasteiger partial charge in [0.1, 0.15) is 5.75 Å². The summed E-state index contributed by atoms with van der Waals surface area (Å²) in [6, 6.07) is 9.60. The van der Waals surface area contributed by atoms with Gasteiger partial charge in [-0.3, -0.25) is 4.79 Å². The zero-order chi connectivity index (χ0) is 24.6. The fourth-order valence-corrected chi connectivity index (χ4v) is 3.58. The largest absolute Gasteiger partial charge is 0.493 e. The number of aryl methyl sites for hydroxylation is 2. The fraction of sp³-hybridized carbons (Fsp3) is 0.440. The van der Waals surface area contributed by atoms with E-state index in [1.54, 1.807) is 26.4 Å². The standard InChI is InChI=1S/C25H33ClN2O4S/c1-16-8-9-17(2)20(12-16)32-11-7-10-25(3,4)23(29)28-24(33)27-15-18-13-21(30-5)22(31-6)14-19(18)26/h8-9,12-14H,7,10-11,15H2,1-6H3,(H2,27,28,29,33). The minimum absolute atomic E-state index is 0.148. The van der Waals surface area contributed by atoms with Crippen molar-refractivity contribution in [3.8, 4) is 17.2 Å². The molecule has 2 aromatic rings. The second-order valence-corrected chi connectivity index (χ2v) is 9.36. The lowest BCUT2D eigenvalue weighted by atomic mass is 9.87. The van der Waals surface area contributed by atoms with Crippen molar-refractivity contribution >= 4 is 34.8 Å². The summed E-state index contributed by atoms with van der Waals surface area (Å²) in [6.45, 7) is 8.73. The molecular weight excluding hydrogens is 460 g/mol. The molecule has 6 nitrogen and oxygen atoms in total. The van der Waals surface area contributed by atoms with Crippen LogP contribution >= 0.6 is 23.8 Å². The first-order valence-electron chi connectivity index (χ1n) is 10.8. The van der Waals surface area contributed by atoms with E-state index in [2.05, 4.69) is 16.7 Å². The Morgan fingerprint density at radius 2 is 1.73 bits per heavy atom. The number of halogens is 1. The summed E-state index contributed by atoms with van der Waals surface area (Å²) in [6.07, 6.45) is 1.41. The first kappa shape index (κ1) is 26.7. The number of hydrogen-bond acceptors (Lipinski definition) is 5. The lowest BCUT2D eigenvalue weighted by molar-refractivity contribution is -0.128. The monoisotopic (exact) mass is 492 g/mol. The molecule has 180 valence electrons. The van der Waals surface area contributed by atoms with Gasteiger partial charge in [-0.25, -0.2) is 0 Å². The quantitative estimate of drug-likeness (QED) is 0.344. The summed E-state index contributed by atoms with van der Waals surface area (Å²) < 4.78 is 16.5. The third kappa shape index (κ3) is 7.79. The normalized spacial score (nSPS) is 11.0. The van der Waals surface area contributed by atoms with Gasteiger partial charge < -0.3 is 24.8 Å². The number of ether oxygens (including phenoxy) is 3. The van der Waals surface area contributed by atoms with Crippen LogP contribution in [-0.2, 0) is 11.3 Å². The van der Waals surface area contributed by atoms with Crippen LogP contribution in [0.2, 0.25) is 5.02 Å². The summed E-state index contributed by atoms with van der Waals surface area (Å²) in [5.74, 6) is 1.85. The third-order valence-corrected chi connectivity index (χ3v) is 5.98. The van der Waals surface area contributed by atoms with Crippen LogP contribution < -0.4 is 24.8 Å². The zero-order valence-electron chi connectivity index (χ0n) is 20.1. The predicted octanol–water partition coefficient (Wildman–Crippen LogP) is 5.35. The molecule has 0 atom stereocenters. The molecule has 0 unspecified atom stereocenters. The molecule has 2 rings (SSSR count). The van der Waals surface area contributed by atoms with Gasteiger partial charge >= 0.3 is 0 Å². The Bertz CT molecular complexity index is 995. The van der Waals surface area contributed by atoms with Crippen LogP contribution in [0.3, 0.4) is 0 Å². The van der Waals surface area contributed by atoms with Crippen molar-refractivity contribution in [2.24, 2.45) is 5.41 Å². The van der Waals surface area contributed by atoms with Crippen molar-refractivity contribution in [2.45, 2.75) is 47.1 Å². The van der Waals surface area contributed by atoms with Crippen LogP contribution in [0, 0.1) is 19.3 Å². The molecule has 0 heterocycles. The van der Waals surface area contributed by atoms with Crippen molar-refractivity contribution in [1.29, 1.82) is 0 Å². The Hall–Kier alpha value is -2.51. The maximum atomic E-state index is 12.8. The number of amides is 1. The molecule has 1 amide bonds. The molecule has 0 aromatic heterocycles. The van der Waals surface area contributed by atoms with Gasteiger partial charge in [0.2, 0.25) is 5.91 Å². The van der Waals surface area contributed by atoms with Gasteiger partial charge in [-0.05, 0) is 67.7 Å². The Kier molecular flexibility index (Phi) is 9.80. The molecule has 0 aliphatic carbocycles. The van der Waals surface area contributed by atoms with Crippen LogP contribution in [-0.4, -0.2) is 31.8 Å². The average Bonchev–Trinajstić information content (AvgIpc) is 2.77. The van der Waals surface area contributed by atoms with E-state index < -0.39 is 5.41 Å². The second-order valence-electron chi connectivity index (χ2n) is 8.54. The molecule has 0 bridgehead atoms. The third-order valence-electron chi connectivity index (χ3n) is 5.38. The van der Waals surface area contributed by atoms with Crippen molar-refractivity contribution in [3.05, 3.63) is 52.0 Å². The zero-order valence-corrected chi connectivity index (χ0v) is 21.7. The number of hydrogen-bond donors (Lipinski definition) is 2. The Morgan fingerprint density at radius 3 is 2.39 bits per heavy atom. The summed E-state index contributed by atoms with van der Waals surface area (Å²) in [7, 11) is 3.11. The molecule has 0 spiro atoms. The van der Waals surface area contributed by atoms with Crippen molar-refractivity contribution in [2.75, 3.05) is 20.8 Å². The van der Waals surface area contributed by atoms with Crippen LogP contribution in [0.5, 0.6) is 17.2 Å². The maximum Gasteiger partial charge on any atom is 0.231 e. The van der Waals surface area contributed by atoms with E-state index in [4.69, 9.17) is 38.0 Å². The molecule has 0 saturated carbocycles. The van der Waals surface area contributed by atoms with Gasteiger partial charge in [0, 0.05) is 23.0 Å². The highest BCUT2D eigenvalue weighted by Gasteiger charge is 2.28. The van der Waals surface area contributed by atoms with Gasteiger partial charge in [-0.2, -0.15) is 0 Å². The molecule has 0 saturated heterocycles. The number of rotatable bonds is 10. The molecule has 0 aliphatic rings. The van der Waals surface area contributed by atoms with E-state index in [9.17, 15) is 4.79 Å². The molecule has 2 aromatic carbocycles. The summed E-state index contributed by atoms with van der Waals surface area (Å²) in [5, 5.41) is 6.56. The second kappa shape index (κ2) is 12.1. The molecule has 33 heavy (non-hydrogen) atoms. The minimum Gasteiger partial charge on any atom is -0.493 e. The summed E-state index contributed by atoms with van der Waals surface area (Å²) in [4.78, 5) is 12.8. The van der Waals surface area contributed by atoms with E-state index in [0.29, 0.717) is 36.1 Å². The maximum absolute atomic E-state index is 12.8. The molecule has 0 aliphatic heterocycles. The number of carbonyl (C=O) groups is 1. The highest BCUT2D eigenvalue weighted by Crippen LogP contribution is 2.33. The van der Waals surface area contributed by atoms with Crippen molar-refractivity contribution in [3.63, 3.8) is 0 Å². The van der Waals surface area contributed by atoms with Crippen LogP contribution in [0.15, 0.2) is 30.3 Å². The smallest absolute Gasteiger partial charge is 0.231 e. The Balaban J connectivity index is 1.83. The van der Waals surface area contributed by atoms with Gasteiger partial charge in [-0.1, -0.05) is 37.6 Å². The van der Waals surface area contributed by atoms with Gasteiger partial charge in [-0.15, -0.1) is 0 Å². The molecule has 0 fully saturated rings. The summed E-state index contributed by atoms with van der Waals surface area (Å²) >= 11 is 11.6. The van der Waals surface area contributed by atoms with Gasteiger partial charge in [0.15, 0.2) is 16.6 Å². The number of thiocarbonyl (C=S) groups is 1. The number of benzene rings is 2. The van der Waals surface area contributed by atoms with E-state index in [-0.39, 0.29) is 11.0 Å². The Morgan fingerprint density at radius 1 is 1.06 bits per heavy atom. The van der Waals surface area contributed by atoms with E-state index in [1.807, 2.05) is 39.8 Å². The molecule has 8 heteroatoms. The first-order valence-corrected chi connectivity index (χ1v) is 11.6. The lowest BCUT2D eigenvalue weighted by Gasteiger charge is -2.24. The van der Waals surface area contributed by atoms with Crippen LogP contribution in [0.4, 0.5) is 0 Å². The number of nitrogens with one attached hydrogen (secondary N) is 2. The highest BCUT2D eigenvalue weighted by molar-refractivity contribution is 7.80. The first-order chi connectivity index (χ1) is 15.6. The Labute approximate surface area is 206 Å². The van der Waals surface area contributed by atoms with E-state index in [1.165, 1.54) is 0 Å². The molecular formula is C25H33ClN2O4S.